The van der Waals surface area contributed by atoms with E-state index in [1.165, 1.54) is 17.0 Å². The molecule has 1 unspecified atom stereocenters. The molecule has 6 heteroatoms. The molecule has 21 heavy (non-hydrogen) atoms. The molecule has 116 valence electrons. The van der Waals surface area contributed by atoms with Crippen molar-refractivity contribution in [3.63, 3.8) is 0 Å². The quantitative estimate of drug-likeness (QED) is 0.867. The van der Waals surface area contributed by atoms with Gasteiger partial charge in [-0.15, -0.1) is 0 Å². The van der Waals surface area contributed by atoms with E-state index in [0.29, 0.717) is 31.9 Å². The highest BCUT2D eigenvalue weighted by Crippen LogP contribution is 2.24. The monoisotopic (exact) mass is 296 g/mol. The summed E-state index contributed by atoms with van der Waals surface area (Å²) >= 11 is 0. The first-order chi connectivity index (χ1) is 10.1. The molecule has 1 aromatic rings. The number of ether oxygens (including phenoxy) is 1. The van der Waals surface area contributed by atoms with Crippen molar-refractivity contribution in [1.29, 1.82) is 0 Å². The van der Waals surface area contributed by atoms with Crippen LogP contribution in [-0.4, -0.2) is 67.3 Å². The minimum absolute atomic E-state index is 0.0960. The van der Waals surface area contributed by atoms with Crippen molar-refractivity contribution in [3.8, 4) is 0 Å². The average molecular weight is 296 g/mol. The van der Waals surface area contributed by atoms with E-state index >= 15 is 0 Å². The van der Waals surface area contributed by atoms with Crippen molar-refractivity contribution in [2.24, 2.45) is 0 Å². The molecule has 1 atom stereocenters. The van der Waals surface area contributed by atoms with Gasteiger partial charge in [0.1, 0.15) is 11.9 Å². The maximum absolute atomic E-state index is 13.5. The smallest absolute Gasteiger partial charge is 0.244 e. The summed E-state index contributed by atoms with van der Waals surface area (Å²) in [6, 6.07) is 5.58. The number of morpholine rings is 1. The molecule has 1 aromatic carbocycles. The molecule has 1 aliphatic rings. The number of hydrogen-bond acceptors (Lipinski definition) is 4. The Hall–Kier alpha value is -1.50. The Morgan fingerprint density at radius 1 is 1.48 bits per heavy atom. The van der Waals surface area contributed by atoms with Crippen LogP contribution >= 0.6 is 0 Å². The van der Waals surface area contributed by atoms with Crippen LogP contribution in [0, 0.1) is 5.82 Å². The van der Waals surface area contributed by atoms with Gasteiger partial charge >= 0.3 is 0 Å². The molecule has 2 rings (SSSR count). The third-order valence-corrected chi connectivity index (χ3v) is 3.62. The fraction of sp³-hybridized carbons (Fsp3) is 0.533. The van der Waals surface area contributed by atoms with Crippen LogP contribution in [0.2, 0.25) is 0 Å². The zero-order valence-corrected chi connectivity index (χ0v) is 12.2. The molecule has 1 aliphatic heterocycles. The summed E-state index contributed by atoms with van der Waals surface area (Å²) in [5.41, 5.74) is 0.631. The number of halogens is 1. The Morgan fingerprint density at radius 3 is 2.81 bits per heavy atom. The van der Waals surface area contributed by atoms with Crippen LogP contribution in [0.25, 0.3) is 0 Å². The van der Waals surface area contributed by atoms with Crippen molar-refractivity contribution < 1.29 is 19.0 Å². The Kier molecular flexibility index (Phi) is 5.67. The van der Waals surface area contributed by atoms with Crippen molar-refractivity contribution >= 4 is 5.91 Å². The van der Waals surface area contributed by atoms with Gasteiger partial charge in [0.2, 0.25) is 5.91 Å². The Balaban J connectivity index is 2.27. The number of carbonyl (C=O) groups excluding carboxylic acids is 1. The van der Waals surface area contributed by atoms with E-state index in [9.17, 15) is 9.18 Å². The SMILES string of the molecule is CN(CCO)C(=O)C(c1cccc(F)c1)N1CCOCC1. The number of aliphatic hydroxyl groups is 1. The maximum atomic E-state index is 13.5. The van der Waals surface area contributed by atoms with Crippen LogP contribution in [0.1, 0.15) is 11.6 Å². The van der Waals surface area contributed by atoms with E-state index in [-0.39, 0.29) is 24.9 Å². The van der Waals surface area contributed by atoms with Gasteiger partial charge in [0.15, 0.2) is 0 Å². The van der Waals surface area contributed by atoms with Gasteiger partial charge < -0.3 is 14.7 Å². The first kappa shape index (κ1) is 15.9. The molecule has 1 heterocycles. The maximum Gasteiger partial charge on any atom is 0.244 e. The lowest BCUT2D eigenvalue weighted by Crippen LogP contribution is -2.46. The summed E-state index contributed by atoms with van der Waals surface area (Å²) in [4.78, 5) is 16.1. The molecular formula is C15H21FN2O3. The lowest BCUT2D eigenvalue weighted by atomic mass is 10.0. The number of likely N-dealkylation sites (N-methyl/N-ethyl adjacent to an activating group) is 1. The predicted molar refractivity (Wildman–Crippen MR) is 76.3 cm³/mol. The Labute approximate surface area is 123 Å². The minimum Gasteiger partial charge on any atom is -0.395 e. The minimum atomic E-state index is -0.541. The Bertz CT molecular complexity index is 478. The number of aliphatic hydroxyl groups excluding tert-OH is 1. The van der Waals surface area contributed by atoms with E-state index in [0.717, 1.165) is 0 Å². The summed E-state index contributed by atoms with van der Waals surface area (Å²) in [6.45, 7) is 2.53. The van der Waals surface area contributed by atoms with Gasteiger partial charge in [-0.25, -0.2) is 4.39 Å². The fourth-order valence-electron chi connectivity index (χ4n) is 2.49. The van der Waals surface area contributed by atoms with Crippen molar-refractivity contribution in [3.05, 3.63) is 35.6 Å². The van der Waals surface area contributed by atoms with E-state index in [2.05, 4.69) is 0 Å². The molecule has 1 saturated heterocycles. The summed E-state index contributed by atoms with van der Waals surface area (Å²) in [7, 11) is 1.64. The van der Waals surface area contributed by atoms with E-state index in [1.54, 1.807) is 19.2 Å². The molecule has 1 fully saturated rings. The predicted octanol–water partition coefficient (Wildman–Crippen LogP) is 0.650. The molecule has 0 aromatic heterocycles. The number of amides is 1. The van der Waals surface area contributed by atoms with Crippen LogP contribution in [0.15, 0.2) is 24.3 Å². The highest BCUT2D eigenvalue weighted by atomic mass is 19.1. The number of hydrogen-bond donors (Lipinski definition) is 1. The van der Waals surface area contributed by atoms with Gasteiger partial charge in [0.05, 0.1) is 19.8 Å². The highest BCUT2D eigenvalue weighted by Gasteiger charge is 2.31. The number of carbonyl (C=O) groups is 1. The van der Waals surface area contributed by atoms with Gasteiger partial charge in [-0.05, 0) is 17.7 Å². The van der Waals surface area contributed by atoms with Gasteiger partial charge in [-0.1, -0.05) is 12.1 Å². The molecule has 0 radical (unpaired) electrons. The zero-order valence-electron chi connectivity index (χ0n) is 12.2. The third-order valence-electron chi connectivity index (χ3n) is 3.62. The fourth-order valence-corrected chi connectivity index (χ4v) is 2.49. The molecule has 0 bridgehead atoms. The van der Waals surface area contributed by atoms with Gasteiger partial charge in [-0.2, -0.15) is 0 Å². The number of benzene rings is 1. The number of nitrogens with zero attached hydrogens (tertiary/aromatic N) is 2. The average Bonchev–Trinajstić information content (AvgIpc) is 2.49. The first-order valence-electron chi connectivity index (χ1n) is 7.06. The summed E-state index contributed by atoms with van der Waals surface area (Å²) in [6.07, 6.45) is 0. The normalized spacial score (nSPS) is 17.5. The van der Waals surface area contributed by atoms with Crippen LogP contribution in [-0.2, 0) is 9.53 Å². The standard InChI is InChI=1S/C15H21FN2O3/c1-17(5-8-19)15(20)14(18-6-9-21-10-7-18)12-3-2-4-13(16)11-12/h2-4,11,14,19H,5-10H2,1H3. The topological polar surface area (TPSA) is 53.0 Å². The van der Waals surface area contributed by atoms with Crippen molar-refractivity contribution in [1.82, 2.24) is 9.80 Å². The Morgan fingerprint density at radius 2 is 2.19 bits per heavy atom. The second kappa shape index (κ2) is 7.49. The third kappa shape index (κ3) is 4.00. The van der Waals surface area contributed by atoms with Crippen LogP contribution in [0.4, 0.5) is 4.39 Å². The molecular weight excluding hydrogens is 275 g/mol. The molecule has 1 amide bonds. The second-order valence-electron chi connectivity index (χ2n) is 5.09. The molecule has 5 nitrogen and oxygen atoms in total. The van der Waals surface area contributed by atoms with E-state index in [4.69, 9.17) is 9.84 Å². The van der Waals surface area contributed by atoms with E-state index in [1.807, 2.05) is 4.90 Å². The lowest BCUT2D eigenvalue weighted by molar-refractivity contribution is -0.138. The molecule has 0 spiro atoms. The highest BCUT2D eigenvalue weighted by molar-refractivity contribution is 5.83. The number of rotatable bonds is 5. The zero-order chi connectivity index (χ0) is 15.2. The van der Waals surface area contributed by atoms with Gasteiger partial charge in [0.25, 0.3) is 0 Å². The summed E-state index contributed by atoms with van der Waals surface area (Å²) < 4.78 is 18.8. The molecule has 0 saturated carbocycles. The van der Waals surface area contributed by atoms with E-state index < -0.39 is 6.04 Å². The first-order valence-corrected chi connectivity index (χ1v) is 7.06. The van der Waals surface area contributed by atoms with Gasteiger partial charge in [0, 0.05) is 26.7 Å². The lowest BCUT2D eigenvalue weighted by Gasteiger charge is -2.35. The van der Waals surface area contributed by atoms with Crippen LogP contribution in [0.3, 0.4) is 0 Å². The van der Waals surface area contributed by atoms with Crippen LogP contribution < -0.4 is 0 Å². The van der Waals surface area contributed by atoms with Gasteiger partial charge in [-0.3, -0.25) is 9.69 Å². The van der Waals surface area contributed by atoms with Crippen molar-refractivity contribution in [2.45, 2.75) is 6.04 Å². The van der Waals surface area contributed by atoms with Crippen molar-refractivity contribution in [2.75, 3.05) is 46.5 Å². The van der Waals surface area contributed by atoms with Crippen LogP contribution in [0.5, 0.6) is 0 Å². The summed E-state index contributed by atoms with van der Waals surface area (Å²) in [5, 5.41) is 9.00. The second-order valence-corrected chi connectivity index (χ2v) is 5.09. The molecule has 0 aliphatic carbocycles. The summed E-state index contributed by atoms with van der Waals surface area (Å²) in [5.74, 6) is -0.500. The molecule has 1 N–H and O–H groups in total. The largest absolute Gasteiger partial charge is 0.395 e.